The van der Waals surface area contributed by atoms with Gasteiger partial charge in [0.25, 0.3) is 0 Å². The van der Waals surface area contributed by atoms with Crippen LogP contribution in [0.25, 0.3) is 0 Å². The number of hydrogen-bond donors (Lipinski definition) is 1. The molecule has 108 valence electrons. The second-order valence-electron chi connectivity index (χ2n) is 6.59. The molecule has 0 heterocycles. The Balaban J connectivity index is 2.41. The molecule has 0 aromatic carbocycles. The van der Waals surface area contributed by atoms with Gasteiger partial charge in [-0.2, -0.15) is 0 Å². The summed E-state index contributed by atoms with van der Waals surface area (Å²) in [7, 11) is 6.40. The summed E-state index contributed by atoms with van der Waals surface area (Å²) in [5.74, 6) is 1.53. The Hall–Kier alpha value is -0.120. The molecule has 0 saturated heterocycles. The Morgan fingerprint density at radius 2 is 1.78 bits per heavy atom. The zero-order chi connectivity index (χ0) is 13.7. The average Bonchev–Trinajstić information content (AvgIpc) is 2.28. The molecule has 1 aliphatic carbocycles. The zero-order valence-electron chi connectivity index (χ0n) is 12.9. The quantitative estimate of drug-likeness (QED) is 0.788. The van der Waals surface area contributed by atoms with E-state index in [1.165, 1.54) is 12.8 Å². The zero-order valence-corrected chi connectivity index (χ0v) is 12.9. The Morgan fingerprint density at radius 1 is 1.11 bits per heavy atom. The van der Waals surface area contributed by atoms with Crippen LogP contribution in [0.1, 0.15) is 39.5 Å². The maximum absolute atomic E-state index is 10.2. The van der Waals surface area contributed by atoms with Crippen molar-refractivity contribution in [1.82, 2.24) is 9.80 Å². The smallest absolute Gasteiger partial charge is 0.0695 e. The third kappa shape index (κ3) is 4.87. The number of hydrogen-bond acceptors (Lipinski definition) is 3. The number of rotatable bonds is 6. The minimum Gasteiger partial charge on any atom is -0.391 e. The molecule has 0 radical (unpaired) electrons. The molecular formula is C15H32N2O. The summed E-state index contributed by atoms with van der Waals surface area (Å²) in [6, 6.07) is 0.369. The Morgan fingerprint density at radius 3 is 2.33 bits per heavy atom. The van der Waals surface area contributed by atoms with Crippen molar-refractivity contribution >= 4 is 0 Å². The first-order valence-corrected chi connectivity index (χ1v) is 7.44. The van der Waals surface area contributed by atoms with Crippen LogP contribution in [0.2, 0.25) is 0 Å². The van der Waals surface area contributed by atoms with E-state index in [1.54, 1.807) is 0 Å². The SMILES string of the molecule is CC(C)C1CCC(O)C(N(C)CCCN(C)C)C1. The van der Waals surface area contributed by atoms with Gasteiger partial charge in [-0.1, -0.05) is 13.8 Å². The Kier molecular flexibility index (Phi) is 6.61. The lowest BCUT2D eigenvalue weighted by atomic mass is 9.77. The normalized spacial score (nSPS) is 29.5. The fraction of sp³-hybridized carbons (Fsp3) is 1.00. The molecule has 1 saturated carbocycles. The van der Waals surface area contributed by atoms with Crippen molar-refractivity contribution in [1.29, 1.82) is 0 Å². The third-order valence-corrected chi connectivity index (χ3v) is 4.45. The van der Waals surface area contributed by atoms with Gasteiger partial charge in [0.2, 0.25) is 0 Å². The van der Waals surface area contributed by atoms with Crippen molar-refractivity contribution in [2.45, 2.75) is 51.7 Å². The first-order valence-electron chi connectivity index (χ1n) is 7.44. The number of aliphatic hydroxyl groups is 1. The van der Waals surface area contributed by atoms with Gasteiger partial charge in [0.05, 0.1) is 6.10 Å². The lowest BCUT2D eigenvalue weighted by Crippen LogP contribution is -2.46. The molecule has 1 fully saturated rings. The molecule has 0 aliphatic heterocycles. The van der Waals surface area contributed by atoms with Crippen molar-refractivity contribution in [3.63, 3.8) is 0 Å². The van der Waals surface area contributed by atoms with Gasteiger partial charge in [-0.15, -0.1) is 0 Å². The van der Waals surface area contributed by atoms with Crippen molar-refractivity contribution in [2.24, 2.45) is 11.8 Å². The summed E-state index contributed by atoms with van der Waals surface area (Å²) in [6.45, 7) is 6.84. The highest BCUT2D eigenvalue weighted by Crippen LogP contribution is 2.32. The van der Waals surface area contributed by atoms with Crippen molar-refractivity contribution in [2.75, 3.05) is 34.2 Å². The fourth-order valence-corrected chi connectivity index (χ4v) is 3.04. The highest BCUT2D eigenvalue weighted by Gasteiger charge is 2.32. The van der Waals surface area contributed by atoms with Crippen molar-refractivity contribution < 1.29 is 5.11 Å². The van der Waals surface area contributed by atoms with Gasteiger partial charge in [-0.05, 0) is 71.8 Å². The maximum Gasteiger partial charge on any atom is 0.0695 e. The highest BCUT2D eigenvalue weighted by molar-refractivity contribution is 4.86. The molecule has 3 nitrogen and oxygen atoms in total. The van der Waals surface area contributed by atoms with Gasteiger partial charge >= 0.3 is 0 Å². The van der Waals surface area contributed by atoms with E-state index in [4.69, 9.17) is 0 Å². The predicted molar refractivity (Wildman–Crippen MR) is 77.8 cm³/mol. The van der Waals surface area contributed by atoms with Gasteiger partial charge in [-0.25, -0.2) is 0 Å². The van der Waals surface area contributed by atoms with E-state index in [1.807, 2.05) is 0 Å². The number of likely N-dealkylation sites (N-methyl/N-ethyl adjacent to an activating group) is 1. The molecule has 3 unspecified atom stereocenters. The molecule has 3 atom stereocenters. The molecule has 3 heteroatoms. The fourth-order valence-electron chi connectivity index (χ4n) is 3.04. The van der Waals surface area contributed by atoms with Crippen LogP contribution >= 0.6 is 0 Å². The van der Waals surface area contributed by atoms with E-state index >= 15 is 0 Å². The van der Waals surface area contributed by atoms with E-state index in [9.17, 15) is 5.11 Å². The number of nitrogens with zero attached hydrogens (tertiary/aromatic N) is 2. The lowest BCUT2D eigenvalue weighted by Gasteiger charge is -2.40. The molecule has 18 heavy (non-hydrogen) atoms. The molecule has 0 spiro atoms. The molecular weight excluding hydrogens is 224 g/mol. The molecule has 1 aliphatic rings. The van der Waals surface area contributed by atoms with Crippen molar-refractivity contribution in [3.05, 3.63) is 0 Å². The van der Waals surface area contributed by atoms with Crippen LogP contribution in [0.5, 0.6) is 0 Å². The molecule has 0 aromatic rings. The summed E-state index contributed by atoms with van der Waals surface area (Å²) < 4.78 is 0. The van der Waals surface area contributed by atoms with Crippen LogP contribution in [0, 0.1) is 11.8 Å². The minimum atomic E-state index is -0.121. The largest absolute Gasteiger partial charge is 0.391 e. The third-order valence-electron chi connectivity index (χ3n) is 4.45. The molecule has 0 amide bonds. The first-order chi connectivity index (χ1) is 8.41. The molecule has 1 N–H and O–H groups in total. The van der Waals surface area contributed by atoms with Gasteiger partial charge in [0.15, 0.2) is 0 Å². The summed E-state index contributed by atoms with van der Waals surface area (Å²) in [4.78, 5) is 4.60. The standard InChI is InChI=1S/C15H32N2O/c1-12(2)13-7-8-15(18)14(11-13)17(5)10-6-9-16(3)4/h12-15,18H,6-11H2,1-5H3. The van der Waals surface area contributed by atoms with Gasteiger partial charge in [0.1, 0.15) is 0 Å². The second-order valence-corrected chi connectivity index (χ2v) is 6.59. The van der Waals surface area contributed by atoms with E-state index in [2.05, 4.69) is 44.8 Å². The molecule has 0 bridgehead atoms. The predicted octanol–water partition coefficient (Wildman–Crippen LogP) is 2.06. The van der Waals surface area contributed by atoms with Gasteiger partial charge in [-0.3, -0.25) is 0 Å². The summed E-state index contributed by atoms with van der Waals surface area (Å²) in [6.07, 6.45) is 4.40. The summed E-state index contributed by atoms with van der Waals surface area (Å²) >= 11 is 0. The van der Waals surface area contributed by atoms with Gasteiger partial charge < -0.3 is 14.9 Å². The monoisotopic (exact) mass is 256 g/mol. The van der Waals surface area contributed by atoms with Crippen LogP contribution in [0.3, 0.4) is 0 Å². The lowest BCUT2D eigenvalue weighted by molar-refractivity contribution is 0.00539. The van der Waals surface area contributed by atoms with E-state index in [-0.39, 0.29) is 6.10 Å². The Labute approximate surface area is 113 Å². The van der Waals surface area contributed by atoms with E-state index in [0.29, 0.717) is 6.04 Å². The van der Waals surface area contributed by atoms with Crippen LogP contribution in [0.15, 0.2) is 0 Å². The second kappa shape index (κ2) is 7.46. The first kappa shape index (κ1) is 15.9. The van der Waals surface area contributed by atoms with Gasteiger partial charge in [0, 0.05) is 6.04 Å². The number of aliphatic hydroxyl groups excluding tert-OH is 1. The minimum absolute atomic E-state index is 0.121. The molecule has 1 rings (SSSR count). The van der Waals surface area contributed by atoms with Crippen LogP contribution in [-0.4, -0.2) is 61.3 Å². The van der Waals surface area contributed by atoms with E-state index in [0.717, 1.165) is 37.8 Å². The summed E-state index contributed by atoms with van der Waals surface area (Å²) in [5.41, 5.74) is 0. The average molecular weight is 256 g/mol. The molecule has 0 aromatic heterocycles. The Bertz CT molecular complexity index is 231. The van der Waals surface area contributed by atoms with Crippen molar-refractivity contribution in [3.8, 4) is 0 Å². The van der Waals surface area contributed by atoms with E-state index < -0.39 is 0 Å². The van der Waals surface area contributed by atoms with Crippen LogP contribution in [-0.2, 0) is 0 Å². The highest BCUT2D eigenvalue weighted by atomic mass is 16.3. The maximum atomic E-state index is 10.2. The summed E-state index contributed by atoms with van der Waals surface area (Å²) in [5, 5.41) is 10.2. The topological polar surface area (TPSA) is 26.7 Å². The van der Waals surface area contributed by atoms with Crippen LogP contribution in [0.4, 0.5) is 0 Å². The van der Waals surface area contributed by atoms with Crippen LogP contribution < -0.4 is 0 Å².